The highest BCUT2D eigenvalue weighted by atomic mass is 32.1. The maximum Gasteiger partial charge on any atom is 0.113 e. The molecule has 1 aliphatic carbocycles. The van der Waals surface area contributed by atoms with Crippen molar-refractivity contribution < 1.29 is 0 Å². The normalized spacial score (nSPS) is 29.4. The molecule has 1 atom stereocenters. The van der Waals surface area contributed by atoms with E-state index >= 15 is 0 Å². The van der Waals surface area contributed by atoms with Gasteiger partial charge in [-0.2, -0.15) is 0 Å². The third-order valence-electron chi connectivity index (χ3n) is 3.22. The van der Waals surface area contributed by atoms with Crippen molar-refractivity contribution in [2.45, 2.75) is 30.7 Å². The Morgan fingerprint density at radius 2 is 2.43 bits per heavy atom. The van der Waals surface area contributed by atoms with E-state index < -0.39 is 0 Å². The summed E-state index contributed by atoms with van der Waals surface area (Å²) in [6.07, 6.45) is 3.45. The van der Waals surface area contributed by atoms with Gasteiger partial charge in [-0.25, -0.2) is 4.98 Å². The Hall–Kier alpha value is -0.450. The molecule has 14 heavy (non-hydrogen) atoms. The van der Waals surface area contributed by atoms with E-state index in [0.29, 0.717) is 5.92 Å². The van der Waals surface area contributed by atoms with Crippen LogP contribution in [0.2, 0.25) is 0 Å². The second kappa shape index (κ2) is 3.02. The zero-order chi connectivity index (χ0) is 9.60. The highest BCUT2D eigenvalue weighted by molar-refractivity contribution is 7.09. The van der Waals surface area contributed by atoms with Crippen LogP contribution in [0.4, 0.5) is 0 Å². The molecule has 1 aromatic rings. The first kappa shape index (κ1) is 8.83. The summed E-state index contributed by atoms with van der Waals surface area (Å²) in [6.45, 7) is 2.21. The van der Waals surface area contributed by atoms with Gasteiger partial charge in [0.15, 0.2) is 0 Å². The monoisotopic (exact) mass is 209 g/mol. The summed E-state index contributed by atoms with van der Waals surface area (Å²) in [5.74, 6) is 0.627. The van der Waals surface area contributed by atoms with Crippen molar-refractivity contribution in [1.82, 2.24) is 10.3 Å². The van der Waals surface area contributed by atoms with Gasteiger partial charge in [0.1, 0.15) is 5.01 Å². The predicted molar refractivity (Wildman–Crippen MR) is 57.4 cm³/mol. The highest BCUT2D eigenvalue weighted by Crippen LogP contribution is 2.44. The molecule has 2 fully saturated rings. The molecule has 1 aromatic heterocycles. The lowest BCUT2D eigenvalue weighted by Gasteiger charge is -2.04. The molecule has 76 valence electrons. The number of rotatable bonds is 2. The van der Waals surface area contributed by atoms with E-state index in [9.17, 15) is 0 Å². The first-order valence-corrected chi connectivity index (χ1v) is 6.11. The third kappa shape index (κ3) is 1.38. The van der Waals surface area contributed by atoms with Crippen molar-refractivity contribution in [2.75, 3.05) is 13.1 Å². The fraction of sp³-hybridized carbons (Fsp3) is 0.700. The Morgan fingerprint density at radius 3 is 3.07 bits per heavy atom. The molecule has 2 aliphatic rings. The average Bonchev–Trinajstić information content (AvgIpc) is 2.73. The molecule has 3 N–H and O–H groups in total. The zero-order valence-corrected chi connectivity index (χ0v) is 8.94. The zero-order valence-electron chi connectivity index (χ0n) is 8.12. The standard InChI is InChI=1S/C10H15N3S/c11-10(2-3-10)9-13-8(6-14-9)7-1-4-12-5-7/h6-7,12H,1-5,11H2. The molecule has 1 unspecified atom stereocenters. The van der Waals surface area contributed by atoms with Crippen LogP contribution in [0.15, 0.2) is 5.38 Å². The minimum atomic E-state index is -0.0467. The van der Waals surface area contributed by atoms with Crippen molar-refractivity contribution >= 4 is 11.3 Å². The van der Waals surface area contributed by atoms with E-state index in [1.807, 2.05) is 0 Å². The molecule has 3 rings (SSSR count). The van der Waals surface area contributed by atoms with Crippen LogP contribution in [-0.2, 0) is 5.54 Å². The van der Waals surface area contributed by atoms with Crippen molar-refractivity contribution in [1.29, 1.82) is 0 Å². The topological polar surface area (TPSA) is 50.9 Å². The Labute approximate surface area is 87.7 Å². The van der Waals surface area contributed by atoms with E-state index in [1.54, 1.807) is 11.3 Å². The van der Waals surface area contributed by atoms with Crippen LogP contribution >= 0.6 is 11.3 Å². The van der Waals surface area contributed by atoms with Gasteiger partial charge in [-0.15, -0.1) is 11.3 Å². The van der Waals surface area contributed by atoms with Crippen LogP contribution in [-0.4, -0.2) is 18.1 Å². The molecular formula is C10H15N3S. The van der Waals surface area contributed by atoms with Gasteiger partial charge < -0.3 is 11.1 Å². The second-order valence-electron chi connectivity index (χ2n) is 4.42. The van der Waals surface area contributed by atoms with Gasteiger partial charge in [0.25, 0.3) is 0 Å². The van der Waals surface area contributed by atoms with Crippen LogP contribution in [0.5, 0.6) is 0 Å². The van der Waals surface area contributed by atoms with Crippen molar-refractivity contribution in [3.63, 3.8) is 0 Å². The third-order valence-corrected chi connectivity index (χ3v) is 4.30. The van der Waals surface area contributed by atoms with Gasteiger partial charge in [0.05, 0.1) is 11.2 Å². The van der Waals surface area contributed by atoms with Gasteiger partial charge in [0, 0.05) is 17.8 Å². The summed E-state index contributed by atoms with van der Waals surface area (Å²) in [7, 11) is 0. The number of hydrogen-bond donors (Lipinski definition) is 2. The molecule has 0 radical (unpaired) electrons. The molecule has 4 heteroatoms. The van der Waals surface area contributed by atoms with Crippen LogP contribution < -0.4 is 11.1 Å². The molecule has 1 saturated heterocycles. The molecule has 0 bridgehead atoms. The molecule has 1 aliphatic heterocycles. The largest absolute Gasteiger partial charge is 0.319 e. The Balaban J connectivity index is 1.82. The van der Waals surface area contributed by atoms with Crippen molar-refractivity contribution in [3.8, 4) is 0 Å². The van der Waals surface area contributed by atoms with E-state index in [2.05, 4.69) is 15.7 Å². The minimum Gasteiger partial charge on any atom is -0.319 e. The Bertz CT molecular complexity index is 337. The fourth-order valence-electron chi connectivity index (χ4n) is 1.96. The molecule has 0 aromatic carbocycles. The summed E-state index contributed by atoms with van der Waals surface area (Å²) >= 11 is 1.74. The number of hydrogen-bond acceptors (Lipinski definition) is 4. The lowest BCUT2D eigenvalue weighted by molar-refractivity contribution is 0.696. The predicted octanol–water partition coefficient (Wildman–Crippen LogP) is 1.17. The Kier molecular flexibility index (Phi) is 1.90. The van der Waals surface area contributed by atoms with Crippen LogP contribution in [0.25, 0.3) is 0 Å². The lowest BCUT2D eigenvalue weighted by Crippen LogP contribution is -2.18. The fourth-order valence-corrected chi connectivity index (χ4v) is 3.03. The highest BCUT2D eigenvalue weighted by Gasteiger charge is 2.43. The molecule has 2 heterocycles. The number of nitrogens with one attached hydrogen (secondary N) is 1. The summed E-state index contributed by atoms with van der Waals surface area (Å²) in [4.78, 5) is 4.68. The number of thiazole rings is 1. The average molecular weight is 209 g/mol. The number of nitrogens with two attached hydrogens (primary N) is 1. The van der Waals surface area contributed by atoms with Gasteiger partial charge in [-0.1, -0.05) is 0 Å². The van der Waals surface area contributed by atoms with Gasteiger partial charge in [-0.05, 0) is 25.8 Å². The quantitative estimate of drug-likeness (QED) is 0.768. The van der Waals surface area contributed by atoms with E-state index in [-0.39, 0.29) is 5.54 Å². The van der Waals surface area contributed by atoms with Gasteiger partial charge >= 0.3 is 0 Å². The number of aromatic nitrogens is 1. The van der Waals surface area contributed by atoms with Gasteiger partial charge in [-0.3, -0.25) is 0 Å². The van der Waals surface area contributed by atoms with E-state index in [1.165, 1.54) is 12.1 Å². The van der Waals surface area contributed by atoms with Crippen molar-refractivity contribution in [3.05, 3.63) is 16.1 Å². The van der Waals surface area contributed by atoms with Gasteiger partial charge in [0.2, 0.25) is 0 Å². The molecule has 0 amide bonds. The molecular weight excluding hydrogens is 194 g/mol. The molecule has 3 nitrogen and oxygen atoms in total. The Morgan fingerprint density at radius 1 is 1.57 bits per heavy atom. The SMILES string of the molecule is NC1(c2nc(C3CCNC3)cs2)CC1. The summed E-state index contributed by atoms with van der Waals surface area (Å²) in [6, 6.07) is 0. The van der Waals surface area contributed by atoms with Crippen LogP contribution in [0.1, 0.15) is 35.9 Å². The summed E-state index contributed by atoms with van der Waals surface area (Å²) in [5, 5.41) is 6.71. The maximum atomic E-state index is 6.11. The lowest BCUT2D eigenvalue weighted by atomic mass is 10.1. The number of nitrogens with zero attached hydrogens (tertiary/aromatic N) is 1. The van der Waals surface area contributed by atoms with Crippen LogP contribution in [0.3, 0.4) is 0 Å². The minimum absolute atomic E-state index is 0.0467. The molecule has 1 saturated carbocycles. The van der Waals surface area contributed by atoms with E-state index in [0.717, 1.165) is 30.9 Å². The summed E-state index contributed by atoms with van der Waals surface area (Å²) in [5.41, 5.74) is 7.32. The maximum absolute atomic E-state index is 6.11. The van der Waals surface area contributed by atoms with Crippen LogP contribution in [0, 0.1) is 0 Å². The van der Waals surface area contributed by atoms with E-state index in [4.69, 9.17) is 5.73 Å². The first-order valence-electron chi connectivity index (χ1n) is 5.23. The molecule has 0 spiro atoms. The second-order valence-corrected chi connectivity index (χ2v) is 5.28. The smallest absolute Gasteiger partial charge is 0.113 e. The first-order chi connectivity index (χ1) is 6.78. The summed E-state index contributed by atoms with van der Waals surface area (Å²) < 4.78 is 0. The van der Waals surface area contributed by atoms with Crippen molar-refractivity contribution in [2.24, 2.45) is 5.73 Å².